The second-order valence-electron chi connectivity index (χ2n) is 8.03. The summed E-state index contributed by atoms with van der Waals surface area (Å²) < 4.78 is 13.6. The second kappa shape index (κ2) is 7.42. The third kappa shape index (κ3) is 4.39. The molecule has 25 heavy (non-hydrogen) atoms. The molecular weight excluding hydrogens is 317 g/mol. The summed E-state index contributed by atoms with van der Waals surface area (Å²) in [5, 5.41) is 2.70. The molecule has 1 N–H and O–H groups in total. The molecule has 3 heterocycles. The Bertz CT molecular complexity index is 619. The van der Waals surface area contributed by atoms with Gasteiger partial charge in [0.1, 0.15) is 5.82 Å². The molecule has 3 saturated heterocycles. The number of nitrogens with zero attached hydrogens (tertiary/aromatic N) is 2. The molecule has 0 radical (unpaired) electrons. The normalized spacial score (nSPS) is 27.2. The quantitative estimate of drug-likeness (QED) is 0.861. The molecule has 1 aliphatic carbocycles. The average Bonchev–Trinajstić information content (AvgIpc) is 3.43. The fourth-order valence-electron chi connectivity index (χ4n) is 4.35. The van der Waals surface area contributed by atoms with Crippen LogP contribution in [0.4, 0.5) is 10.1 Å². The van der Waals surface area contributed by atoms with Gasteiger partial charge < -0.3 is 10.2 Å². The lowest BCUT2D eigenvalue weighted by molar-refractivity contribution is -0.116. The number of hydrogen-bond acceptors (Lipinski definition) is 3. The molecule has 1 saturated carbocycles. The molecular formula is C20H28FN3O. The molecule has 2 atom stereocenters. The maximum Gasteiger partial charge on any atom is 0.225 e. The minimum absolute atomic E-state index is 0.100. The van der Waals surface area contributed by atoms with Crippen LogP contribution in [0.5, 0.6) is 0 Å². The van der Waals surface area contributed by atoms with Crippen LogP contribution in [0.3, 0.4) is 0 Å². The van der Waals surface area contributed by atoms with E-state index in [9.17, 15) is 9.18 Å². The van der Waals surface area contributed by atoms with Gasteiger partial charge in [-0.2, -0.15) is 0 Å². The third-order valence-corrected chi connectivity index (χ3v) is 5.90. The minimum atomic E-state index is -0.376. The van der Waals surface area contributed by atoms with E-state index in [0.29, 0.717) is 12.5 Å². The fourth-order valence-corrected chi connectivity index (χ4v) is 4.35. The lowest BCUT2D eigenvalue weighted by Crippen LogP contribution is -2.44. The molecule has 0 spiro atoms. The van der Waals surface area contributed by atoms with Gasteiger partial charge in [0, 0.05) is 45.2 Å². The van der Waals surface area contributed by atoms with Crippen LogP contribution in [0, 0.1) is 17.7 Å². The summed E-state index contributed by atoms with van der Waals surface area (Å²) in [6, 6.07) is 7.01. The fraction of sp³-hybridized carbons (Fsp3) is 0.650. The van der Waals surface area contributed by atoms with Gasteiger partial charge in [-0.15, -0.1) is 0 Å². The highest BCUT2D eigenvalue weighted by atomic mass is 19.1. The van der Waals surface area contributed by atoms with Crippen molar-refractivity contribution >= 4 is 11.6 Å². The summed E-state index contributed by atoms with van der Waals surface area (Å²) in [5.74, 6) is 1.21. The van der Waals surface area contributed by atoms with E-state index in [1.807, 2.05) is 0 Å². The molecule has 1 aromatic rings. The lowest BCUT2D eigenvalue weighted by Gasteiger charge is -2.36. The first-order valence-electron chi connectivity index (χ1n) is 9.68. The third-order valence-electron chi connectivity index (χ3n) is 5.90. The van der Waals surface area contributed by atoms with E-state index in [-0.39, 0.29) is 17.4 Å². The SMILES string of the molecule is O=C(CCN1C[C@@H]2CC[C@H](C1)N(CC1CC1)C2)Nc1ccccc1F. The summed E-state index contributed by atoms with van der Waals surface area (Å²) in [6.45, 7) is 5.47. The van der Waals surface area contributed by atoms with Crippen LogP contribution < -0.4 is 5.32 Å². The molecule has 136 valence electrons. The number of piperidine rings is 1. The highest BCUT2D eigenvalue weighted by Crippen LogP contribution is 2.34. The Morgan fingerprint density at radius 3 is 2.76 bits per heavy atom. The molecule has 4 nitrogen and oxygen atoms in total. The smallest absolute Gasteiger partial charge is 0.225 e. The van der Waals surface area contributed by atoms with Gasteiger partial charge in [-0.25, -0.2) is 4.39 Å². The van der Waals surface area contributed by atoms with E-state index >= 15 is 0 Å². The highest BCUT2D eigenvalue weighted by Gasteiger charge is 2.37. The number of anilines is 1. The van der Waals surface area contributed by atoms with Gasteiger partial charge in [0.05, 0.1) is 5.69 Å². The Kier molecular flexibility index (Phi) is 5.04. The standard InChI is InChI=1S/C20H28FN3O/c21-18-3-1-2-4-19(18)22-20(25)9-10-23-11-16-7-8-17(14-23)24(13-16)12-15-5-6-15/h1-4,15-17H,5-14H2,(H,22,25)/t16-,17+/m0/s1. The lowest BCUT2D eigenvalue weighted by atomic mass is 9.95. The van der Waals surface area contributed by atoms with Crippen LogP contribution in [0.15, 0.2) is 24.3 Å². The van der Waals surface area contributed by atoms with E-state index in [0.717, 1.165) is 31.5 Å². The topological polar surface area (TPSA) is 35.6 Å². The van der Waals surface area contributed by atoms with Crippen molar-refractivity contribution in [2.75, 3.05) is 38.0 Å². The number of carbonyl (C=O) groups excluding carboxylic acids is 1. The summed E-state index contributed by atoms with van der Waals surface area (Å²) in [4.78, 5) is 17.3. The Hall–Kier alpha value is -1.46. The number of para-hydroxylation sites is 1. The van der Waals surface area contributed by atoms with E-state index in [1.165, 1.54) is 44.8 Å². The zero-order chi connectivity index (χ0) is 17.2. The first kappa shape index (κ1) is 17.0. The van der Waals surface area contributed by atoms with Crippen molar-refractivity contribution < 1.29 is 9.18 Å². The monoisotopic (exact) mass is 345 g/mol. The van der Waals surface area contributed by atoms with Gasteiger partial charge in [-0.1, -0.05) is 12.1 Å². The number of benzene rings is 1. The van der Waals surface area contributed by atoms with Crippen molar-refractivity contribution in [2.45, 2.75) is 38.1 Å². The van der Waals surface area contributed by atoms with Crippen molar-refractivity contribution in [1.29, 1.82) is 0 Å². The van der Waals surface area contributed by atoms with Gasteiger partial charge in [0.25, 0.3) is 0 Å². The number of amides is 1. The van der Waals surface area contributed by atoms with E-state index in [2.05, 4.69) is 15.1 Å². The van der Waals surface area contributed by atoms with Crippen molar-refractivity contribution in [3.05, 3.63) is 30.1 Å². The van der Waals surface area contributed by atoms with Crippen molar-refractivity contribution in [2.24, 2.45) is 11.8 Å². The number of hydrogen-bond donors (Lipinski definition) is 1. The zero-order valence-corrected chi connectivity index (χ0v) is 14.8. The van der Waals surface area contributed by atoms with Gasteiger partial charge >= 0.3 is 0 Å². The van der Waals surface area contributed by atoms with Crippen molar-refractivity contribution in [3.63, 3.8) is 0 Å². The highest BCUT2D eigenvalue weighted by molar-refractivity contribution is 5.90. The predicted octanol–water partition coefficient (Wildman–Crippen LogP) is 2.96. The number of fused-ring (bicyclic) bond motifs is 4. The Morgan fingerprint density at radius 2 is 1.96 bits per heavy atom. The Balaban J connectivity index is 1.28. The number of halogens is 1. The van der Waals surface area contributed by atoms with Gasteiger partial charge in [0.2, 0.25) is 5.91 Å². The summed E-state index contributed by atoms with van der Waals surface area (Å²) in [6.07, 6.45) is 5.87. The Labute approximate surface area is 149 Å². The van der Waals surface area contributed by atoms with Crippen LogP contribution in [-0.2, 0) is 4.79 Å². The first-order chi connectivity index (χ1) is 12.2. The van der Waals surface area contributed by atoms with Crippen LogP contribution in [0.2, 0.25) is 0 Å². The largest absolute Gasteiger partial charge is 0.324 e. The molecule has 1 amide bonds. The predicted molar refractivity (Wildman–Crippen MR) is 96.9 cm³/mol. The zero-order valence-electron chi connectivity index (χ0n) is 14.8. The second-order valence-corrected chi connectivity index (χ2v) is 8.03. The molecule has 4 fully saturated rings. The molecule has 0 unspecified atom stereocenters. The van der Waals surface area contributed by atoms with Gasteiger partial charge in [-0.3, -0.25) is 9.69 Å². The molecule has 2 bridgehead atoms. The van der Waals surface area contributed by atoms with Crippen LogP contribution in [0.1, 0.15) is 32.1 Å². The molecule has 5 heteroatoms. The van der Waals surface area contributed by atoms with Gasteiger partial charge in [-0.05, 0) is 49.7 Å². The molecule has 1 aromatic carbocycles. The van der Waals surface area contributed by atoms with Crippen LogP contribution >= 0.6 is 0 Å². The summed E-state index contributed by atoms with van der Waals surface area (Å²) >= 11 is 0. The number of carbonyl (C=O) groups is 1. The number of rotatable bonds is 6. The van der Waals surface area contributed by atoms with E-state index in [4.69, 9.17) is 0 Å². The van der Waals surface area contributed by atoms with Crippen LogP contribution in [-0.4, -0.2) is 54.5 Å². The van der Waals surface area contributed by atoms with Gasteiger partial charge in [0.15, 0.2) is 0 Å². The maximum absolute atomic E-state index is 13.6. The molecule has 4 aliphatic rings. The van der Waals surface area contributed by atoms with E-state index in [1.54, 1.807) is 18.2 Å². The van der Waals surface area contributed by atoms with Crippen molar-refractivity contribution in [1.82, 2.24) is 9.80 Å². The summed E-state index contributed by atoms with van der Waals surface area (Å²) in [5.41, 5.74) is 0.277. The molecule has 5 rings (SSSR count). The summed E-state index contributed by atoms with van der Waals surface area (Å²) in [7, 11) is 0. The number of nitrogens with one attached hydrogen (secondary N) is 1. The van der Waals surface area contributed by atoms with E-state index < -0.39 is 0 Å². The molecule has 0 aromatic heterocycles. The first-order valence-corrected chi connectivity index (χ1v) is 9.68. The van der Waals surface area contributed by atoms with Crippen LogP contribution in [0.25, 0.3) is 0 Å². The van der Waals surface area contributed by atoms with Crippen molar-refractivity contribution in [3.8, 4) is 0 Å². The molecule has 3 aliphatic heterocycles. The minimum Gasteiger partial charge on any atom is -0.324 e. The average molecular weight is 345 g/mol. The Morgan fingerprint density at radius 1 is 1.12 bits per heavy atom. The maximum atomic E-state index is 13.6.